The van der Waals surface area contributed by atoms with Gasteiger partial charge in [-0.2, -0.15) is 5.26 Å². The molecule has 5 rings (SSSR count). The van der Waals surface area contributed by atoms with E-state index in [1.807, 2.05) is 59.0 Å². The summed E-state index contributed by atoms with van der Waals surface area (Å²) >= 11 is 0. The number of rotatable bonds is 5. The van der Waals surface area contributed by atoms with Gasteiger partial charge in [-0.3, -0.25) is 9.69 Å². The van der Waals surface area contributed by atoms with E-state index in [9.17, 15) is 10.1 Å². The van der Waals surface area contributed by atoms with Crippen molar-refractivity contribution in [3.63, 3.8) is 0 Å². The van der Waals surface area contributed by atoms with E-state index in [0.29, 0.717) is 24.3 Å². The normalized spacial score (nSPS) is 14.1. The molecular formula is C30H28N4O. The van der Waals surface area contributed by atoms with Crippen LogP contribution in [0, 0.1) is 18.3 Å². The zero-order valence-electron chi connectivity index (χ0n) is 19.8. The van der Waals surface area contributed by atoms with Crippen LogP contribution in [0.15, 0.2) is 97.2 Å². The van der Waals surface area contributed by atoms with Gasteiger partial charge in [0.2, 0.25) is 0 Å². The Kier molecular flexibility index (Phi) is 6.47. The minimum Gasteiger partial charge on any atom is -0.335 e. The first-order valence-corrected chi connectivity index (χ1v) is 12.0. The molecule has 3 aromatic carbocycles. The van der Waals surface area contributed by atoms with Gasteiger partial charge in [-0.1, -0.05) is 72.8 Å². The minimum atomic E-state index is -0.0938. The Hall–Kier alpha value is -4.14. The summed E-state index contributed by atoms with van der Waals surface area (Å²) in [6.07, 6.45) is 1.82. The predicted octanol–water partition coefficient (Wildman–Crippen LogP) is 5.20. The molecule has 1 fully saturated rings. The molecule has 1 amide bonds. The summed E-state index contributed by atoms with van der Waals surface area (Å²) in [5.41, 5.74) is 5.34. The summed E-state index contributed by atoms with van der Waals surface area (Å²) in [5.74, 6) is -0.0938. The third-order valence-electron chi connectivity index (χ3n) is 6.69. The van der Waals surface area contributed by atoms with Gasteiger partial charge in [-0.15, -0.1) is 0 Å². The quantitative estimate of drug-likeness (QED) is 0.411. The van der Waals surface area contributed by atoms with Crippen molar-refractivity contribution < 1.29 is 4.79 Å². The zero-order chi connectivity index (χ0) is 24.2. The van der Waals surface area contributed by atoms with E-state index in [1.54, 1.807) is 6.07 Å². The second-order valence-corrected chi connectivity index (χ2v) is 8.95. The number of nitriles is 1. The molecule has 4 aromatic rings. The third-order valence-corrected chi connectivity index (χ3v) is 6.69. The van der Waals surface area contributed by atoms with Gasteiger partial charge in [0.1, 0.15) is 11.8 Å². The number of hydrogen-bond donors (Lipinski definition) is 0. The van der Waals surface area contributed by atoms with Crippen LogP contribution in [0.2, 0.25) is 0 Å². The van der Waals surface area contributed by atoms with Gasteiger partial charge < -0.3 is 9.47 Å². The fourth-order valence-electron chi connectivity index (χ4n) is 4.95. The summed E-state index contributed by atoms with van der Waals surface area (Å²) in [4.78, 5) is 18.0. The largest absolute Gasteiger partial charge is 0.335 e. The van der Waals surface area contributed by atoms with Gasteiger partial charge in [-0.05, 0) is 41.8 Å². The molecule has 1 aliphatic heterocycles. The standard InChI is InChI=1S/C30H28N4O/c1-23-9-8-14-27(21-23)34-16-15-26(22-31)29(34)30(35)33-19-17-32(18-20-33)28(24-10-4-2-5-11-24)25-12-6-3-7-13-25/h2-16,21,28H,17-20H2,1H3. The topological polar surface area (TPSA) is 52.3 Å². The Morgan fingerprint density at radius 2 is 1.46 bits per heavy atom. The molecule has 0 saturated carbocycles. The van der Waals surface area contributed by atoms with Crippen molar-refractivity contribution >= 4 is 5.91 Å². The van der Waals surface area contributed by atoms with E-state index in [1.165, 1.54) is 11.1 Å². The Morgan fingerprint density at radius 1 is 0.829 bits per heavy atom. The highest BCUT2D eigenvalue weighted by Gasteiger charge is 2.30. The molecule has 0 spiro atoms. The van der Waals surface area contributed by atoms with E-state index in [-0.39, 0.29) is 11.9 Å². The van der Waals surface area contributed by atoms with Crippen molar-refractivity contribution in [1.29, 1.82) is 5.26 Å². The lowest BCUT2D eigenvalue weighted by molar-refractivity contribution is 0.0589. The molecule has 5 nitrogen and oxygen atoms in total. The summed E-state index contributed by atoms with van der Waals surface area (Å²) in [6.45, 7) is 4.76. The van der Waals surface area contributed by atoms with Crippen LogP contribution in [-0.2, 0) is 0 Å². The van der Waals surface area contributed by atoms with Crippen LogP contribution in [0.1, 0.15) is 38.8 Å². The van der Waals surface area contributed by atoms with Gasteiger partial charge in [0.15, 0.2) is 0 Å². The predicted molar refractivity (Wildman–Crippen MR) is 137 cm³/mol. The molecule has 0 atom stereocenters. The number of amides is 1. The Bertz CT molecular complexity index is 1310. The maximum atomic E-state index is 13.7. The van der Waals surface area contributed by atoms with Gasteiger partial charge in [0.25, 0.3) is 5.91 Å². The first-order chi connectivity index (χ1) is 17.2. The molecule has 0 N–H and O–H groups in total. The number of carbonyl (C=O) groups is 1. The van der Waals surface area contributed by atoms with Crippen molar-refractivity contribution in [2.75, 3.05) is 26.2 Å². The molecular weight excluding hydrogens is 432 g/mol. The minimum absolute atomic E-state index is 0.0938. The fourth-order valence-corrected chi connectivity index (χ4v) is 4.95. The van der Waals surface area contributed by atoms with Crippen LogP contribution in [0.3, 0.4) is 0 Å². The number of carbonyl (C=O) groups excluding carboxylic acids is 1. The van der Waals surface area contributed by atoms with Gasteiger partial charge in [-0.25, -0.2) is 0 Å². The van der Waals surface area contributed by atoms with Crippen LogP contribution in [0.4, 0.5) is 0 Å². The van der Waals surface area contributed by atoms with Crippen LogP contribution in [-0.4, -0.2) is 46.5 Å². The van der Waals surface area contributed by atoms with Gasteiger partial charge in [0.05, 0.1) is 11.6 Å². The molecule has 5 heteroatoms. The number of aromatic nitrogens is 1. The van der Waals surface area contributed by atoms with Crippen LogP contribution < -0.4 is 0 Å². The number of nitrogens with zero attached hydrogens (tertiary/aromatic N) is 4. The highest BCUT2D eigenvalue weighted by Crippen LogP contribution is 2.30. The van der Waals surface area contributed by atoms with Crippen molar-refractivity contribution in [3.05, 3.63) is 125 Å². The van der Waals surface area contributed by atoms with Crippen molar-refractivity contribution in [2.24, 2.45) is 0 Å². The van der Waals surface area contributed by atoms with Gasteiger partial charge in [0, 0.05) is 38.1 Å². The van der Waals surface area contributed by atoms with Crippen molar-refractivity contribution in [3.8, 4) is 11.8 Å². The summed E-state index contributed by atoms with van der Waals surface area (Å²) in [5, 5.41) is 9.71. The highest BCUT2D eigenvalue weighted by molar-refractivity contribution is 5.96. The lowest BCUT2D eigenvalue weighted by Gasteiger charge is -2.40. The molecule has 1 saturated heterocycles. The Morgan fingerprint density at radius 3 is 2.03 bits per heavy atom. The van der Waals surface area contributed by atoms with Gasteiger partial charge >= 0.3 is 0 Å². The SMILES string of the molecule is Cc1cccc(-n2ccc(C#N)c2C(=O)N2CCN(C(c3ccccc3)c3ccccc3)CC2)c1. The molecule has 0 aliphatic carbocycles. The second kappa shape index (κ2) is 10.0. The summed E-state index contributed by atoms with van der Waals surface area (Å²) in [6, 6.07) is 33.1. The highest BCUT2D eigenvalue weighted by atomic mass is 16.2. The van der Waals surface area contributed by atoms with Crippen LogP contribution in [0.5, 0.6) is 0 Å². The third kappa shape index (κ3) is 4.62. The number of aryl methyl sites for hydroxylation is 1. The van der Waals surface area contributed by atoms with E-state index in [2.05, 4.69) is 59.5 Å². The molecule has 0 bridgehead atoms. The molecule has 174 valence electrons. The maximum Gasteiger partial charge on any atom is 0.272 e. The fraction of sp³-hybridized carbons (Fsp3) is 0.200. The Labute approximate surface area is 206 Å². The number of piperazine rings is 1. The van der Waals surface area contributed by atoms with E-state index < -0.39 is 0 Å². The Balaban J connectivity index is 1.39. The molecule has 1 aliphatic rings. The zero-order valence-corrected chi connectivity index (χ0v) is 19.8. The maximum absolute atomic E-state index is 13.7. The molecule has 2 heterocycles. The van der Waals surface area contributed by atoms with Crippen molar-refractivity contribution in [1.82, 2.24) is 14.4 Å². The monoisotopic (exact) mass is 460 g/mol. The lowest BCUT2D eigenvalue weighted by atomic mass is 9.96. The van der Waals surface area contributed by atoms with Crippen LogP contribution in [0.25, 0.3) is 5.69 Å². The average molecular weight is 461 g/mol. The number of hydrogen-bond acceptors (Lipinski definition) is 3. The summed E-state index contributed by atoms with van der Waals surface area (Å²) in [7, 11) is 0. The first kappa shape index (κ1) is 22.6. The molecule has 0 radical (unpaired) electrons. The van der Waals surface area contributed by atoms with Crippen molar-refractivity contribution in [2.45, 2.75) is 13.0 Å². The van der Waals surface area contributed by atoms with E-state index in [4.69, 9.17) is 0 Å². The molecule has 35 heavy (non-hydrogen) atoms. The van der Waals surface area contributed by atoms with E-state index >= 15 is 0 Å². The first-order valence-electron chi connectivity index (χ1n) is 12.0. The smallest absolute Gasteiger partial charge is 0.272 e. The number of benzene rings is 3. The van der Waals surface area contributed by atoms with Crippen LogP contribution >= 0.6 is 0 Å². The lowest BCUT2D eigenvalue weighted by Crippen LogP contribution is -2.50. The molecule has 0 unspecified atom stereocenters. The van der Waals surface area contributed by atoms with E-state index in [0.717, 1.165) is 24.3 Å². The second-order valence-electron chi connectivity index (χ2n) is 8.95. The summed E-state index contributed by atoms with van der Waals surface area (Å²) < 4.78 is 1.84. The average Bonchev–Trinajstić information content (AvgIpc) is 3.34. The molecule has 1 aromatic heterocycles.